The molecule has 4 rings (SSSR count). The van der Waals surface area contributed by atoms with Crippen LogP contribution in [0.4, 0.5) is 0 Å². The van der Waals surface area contributed by atoms with Gasteiger partial charge in [-0.3, -0.25) is 4.79 Å². The molecule has 0 aliphatic rings. The van der Waals surface area contributed by atoms with E-state index >= 15 is 0 Å². The average Bonchev–Trinajstić information content (AvgIpc) is 2.88. The fourth-order valence-corrected chi connectivity index (χ4v) is 3.29. The predicted octanol–water partition coefficient (Wildman–Crippen LogP) is 5.90. The van der Waals surface area contributed by atoms with Crippen molar-refractivity contribution in [2.24, 2.45) is 0 Å². The third-order valence-corrected chi connectivity index (χ3v) is 4.45. The second-order valence-corrected chi connectivity index (χ2v) is 6.24. The van der Waals surface area contributed by atoms with Crippen LogP contribution < -0.4 is 0 Å². The normalized spacial score (nSPS) is 11.2. The van der Waals surface area contributed by atoms with Crippen LogP contribution in [0.2, 0.25) is 10.0 Å². The van der Waals surface area contributed by atoms with E-state index in [-0.39, 0.29) is 0 Å². The van der Waals surface area contributed by atoms with Crippen LogP contribution in [0.15, 0.2) is 60.7 Å². The Kier molecular flexibility index (Phi) is 3.37. The van der Waals surface area contributed by atoms with Crippen LogP contribution in [0.1, 0.15) is 10.4 Å². The summed E-state index contributed by atoms with van der Waals surface area (Å²) < 4.78 is 2.14. The van der Waals surface area contributed by atoms with E-state index in [4.69, 9.17) is 23.2 Å². The van der Waals surface area contributed by atoms with Gasteiger partial charge in [0, 0.05) is 32.1 Å². The summed E-state index contributed by atoms with van der Waals surface area (Å²) in [6, 6.07) is 19.1. The van der Waals surface area contributed by atoms with Gasteiger partial charge >= 0.3 is 0 Å². The number of benzene rings is 3. The standard InChI is InChI=1S/C19H11Cl2NO/c20-13-3-7-18-16(9-13)17-10-14(21)4-8-19(17)22(18)15-5-1-12(11-23)2-6-15/h1-11H. The van der Waals surface area contributed by atoms with E-state index in [1.165, 1.54) is 0 Å². The molecule has 0 aliphatic heterocycles. The first kappa shape index (κ1) is 14.3. The molecule has 0 saturated carbocycles. The minimum absolute atomic E-state index is 0.653. The predicted molar refractivity (Wildman–Crippen MR) is 96.2 cm³/mol. The summed E-state index contributed by atoms with van der Waals surface area (Å²) in [5.41, 5.74) is 3.73. The Labute approximate surface area is 142 Å². The van der Waals surface area contributed by atoms with Crippen molar-refractivity contribution < 1.29 is 4.79 Å². The molecule has 0 radical (unpaired) electrons. The lowest BCUT2D eigenvalue weighted by molar-refractivity contribution is 0.112. The third-order valence-electron chi connectivity index (χ3n) is 3.98. The molecule has 0 fully saturated rings. The number of hydrogen-bond acceptors (Lipinski definition) is 1. The van der Waals surface area contributed by atoms with Crippen molar-refractivity contribution in [1.29, 1.82) is 0 Å². The zero-order valence-electron chi connectivity index (χ0n) is 12.0. The molecule has 4 aromatic rings. The zero-order chi connectivity index (χ0) is 16.0. The summed E-state index contributed by atoms with van der Waals surface area (Å²) in [6.07, 6.45) is 0.842. The molecule has 0 unspecified atom stereocenters. The average molecular weight is 340 g/mol. The van der Waals surface area contributed by atoms with E-state index in [1.807, 2.05) is 60.7 Å². The second kappa shape index (κ2) is 5.41. The van der Waals surface area contributed by atoms with Gasteiger partial charge in [-0.25, -0.2) is 0 Å². The molecule has 1 heterocycles. The van der Waals surface area contributed by atoms with Gasteiger partial charge in [0.15, 0.2) is 0 Å². The van der Waals surface area contributed by atoms with Crippen molar-refractivity contribution in [3.63, 3.8) is 0 Å². The van der Waals surface area contributed by atoms with Crippen molar-refractivity contribution in [3.05, 3.63) is 76.3 Å². The van der Waals surface area contributed by atoms with Crippen LogP contribution in [-0.2, 0) is 0 Å². The summed E-state index contributed by atoms with van der Waals surface area (Å²) in [4.78, 5) is 10.9. The number of rotatable bonds is 2. The highest BCUT2D eigenvalue weighted by Crippen LogP contribution is 2.34. The molecular formula is C19H11Cl2NO. The first-order valence-corrected chi connectivity index (χ1v) is 7.88. The van der Waals surface area contributed by atoms with Crippen molar-refractivity contribution in [1.82, 2.24) is 4.57 Å². The van der Waals surface area contributed by atoms with Gasteiger partial charge in [-0.05, 0) is 60.7 Å². The maximum Gasteiger partial charge on any atom is 0.150 e. The molecular weight excluding hydrogens is 329 g/mol. The van der Waals surface area contributed by atoms with E-state index < -0.39 is 0 Å². The minimum Gasteiger partial charge on any atom is -0.309 e. The largest absolute Gasteiger partial charge is 0.309 e. The molecule has 2 nitrogen and oxygen atoms in total. The lowest BCUT2D eigenvalue weighted by atomic mass is 10.1. The quantitative estimate of drug-likeness (QED) is 0.416. The lowest BCUT2D eigenvalue weighted by Crippen LogP contribution is -1.94. The highest BCUT2D eigenvalue weighted by molar-refractivity contribution is 6.33. The Bertz CT molecular complexity index is 989. The summed E-state index contributed by atoms with van der Waals surface area (Å²) in [7, 11) is 0. The molecule has 0 bridgehead atoms. The summed E-state index contributed by atoms with van der Waals surface area (Å²) in [5.74, 6) is 0. The fraction of sp³-hybridized carbons (Fsp3) is 0. The molecule has 0 aliphatic carbocycles. The van der Waals surface area contributed by atoms with Crippen LogP contribution in [0.25, 0.3) is 27.5 Å². The van der Waals surface area contributed by atoms with Crippen molar-refractivity contribution in [2.75, 3.05) is 0 Å². The maximum absolute atomic E-state index is 10.9. The number of carbonyl (C=O) groups is 1. The second-order valence-electron chi connectivity index (χ2n) is 5.37. The molecule has 0 N–H and O–H groups in total. The van der Waals surface area contributed by atoms with Gasteiger partial charge in [-0.1, -0.05) is 23.2 Å². The number of halogens is 2. The summed E-state index contributed by atoms with van der Waals surface area (Å²) in [5, 5.41) is 3.48. The van der Waals surface area contributed by atoms with E-state index in [9.17, 15) is 4.79 Å². The first-order valence-electron chi connectivity index (χ1n) is 7.12. The van der Waals surface area contributed by atoms with Crippen molar-refractivity contribution in [2.45, 2.75) is 0 Å². The van der Waals surface area contributed by atoms with Gasteiger partial charge in [0.2, 0.25) is 0 Å². The number of hydrogen-bond donors (Lipinski definition) is 0. The summed E-state index contributed by atoms with van der Waals surface area (Å²) in [6.45, 7) is 0. The molecule has 0 atom stereocenters. The van der Waals surface area contributed by atoms with E-state index in [2.05, 4.69) is 4.57 Å². The first-order chi connectivity index (χ1) is 11.2. The number of aromatic nitrogens is 1. The van der Waals surface area contributed by atoms with Crippen LogP contribution in [0, 0.1) is 0 Å². The van der Waals surface area contributed by atoms with Gasteiger partial charge in [-0.15, -0.1) is 0 Å². The fourth-order valence-electron chi connectivity index (χ4n) is 2.95. The molecule has 3 aromatic carbocycles. The maximum atomic E-state index is 10.9. The van der Waals surface area contributed by atoms with Gasteiger partial charge < -0.3 is 4.57 Å². The SMILES string of the molecule is O=Cc1ccc(-n2c3ccc(Cl)cc3c3cc(Cl)ccc32)cc1. The zero-order valence-corrected chi connectivity index (χ0v) is 13.5. The van der Waals surface area contributed by atoms with Crippen LogP contribution in [0.3, 0.4) is 0 Å². The molecule has 0 amide bonds. The molecule has 23 heavy (non-hydrogen) atoms. The number of nitrogens with zero attached hydrogens (tertiary/aromatic N) is 1. The van der Waals surface area contributed by atoms with Gasteiger partial charge in [0.1, 0.15) is 6.29 Å². The topological polar surface area (TPSA) is 22.0 Å². The molecule has 4 heteroatoms. The van der Waals surface area contributed by atoms with Gasteiger partial charge in [0.05, 0.1) is 11.0 Å². The van der Waals surface area contributed by atoms with E-state index in [1.54, 1.807) is 0 Å². The molecule has 112 valence electrons. The van der Waals surface area contributed by atoms with Crippen molar-refractivity contribution in [3.8, 4) is 5.69 Å². The minimum atomic E-state index is 0.653. The number of carbonyl (C=O) groups excluding carboxylic acids is 1. The van der Waals surface area contributed by atoms with E-state index in [0.29, 0.717) is 15.6 Å². The smallest absolute Gasteiger partial charge is 0.150 e. The van der Waals surface area contributed by atoms with Crippen molar-refractivity contribution >= 4 is 51.3 Å². The van der Waals surface area contributed by atoms with Crippen LogP contribution >= 0.6 is 23.2 Å². The molecule has 1 aromatic heterocycles. The van der Waals surface area contributed by atoms with Crippen LogP contribution in [-0.4, -0.2) is 10.9 Å². The Morgan fingerprint density at radius 3 is 1.74 bits per heavy atom. The highest BCUT2D eigenvalue weighted by Gasteiger charge is 2.13. The van der Waals surface area contributed by atoms with Gasteiger partial charge in [0.25, 0.3) is 0 Å². The van der Waals surface area contributed by atoms with Crippen LogP contribution in [0.5, 0.6) is 0 Å². The summed E-state index contributed by atoms with van der Waals surface area (Å²) >= 11 is 12.3. The Morgan fingerprint density at radius 1 is 0.739 bits per heavy atom. The Morgan fingerprint density at radius 2 is 1.26 bits per heavy atom. The monoisotopic (exact) mass is 339 g/mol. The number of aldehydes is 1. The van der Waals surface area contributed by atoms with Gasteiger partial charge in [-0.2, -0.15) is 0 Å². The highest BCUT2D eigenvalue weighted by atomic mass is 35.5. The Hall–Kier alpha value is -2.29. The lowest BCUT2D eigenvalue weighted by Gasteiger charge is -2.08. The third kappa shape index (κ3) is 2.31. The number of fused-ring (bicyclic) bond motifs is 3. The molecule has 0 saturated heterocycles. The van der Waals surface area contributed by atoms with E-state index in [0.717, 1.165) is 33.8 Å². The Balaban J connectivity index is 2.12. The molecule has 0 spiro atoms.